The number of esters is 1. The highest BCUT2D eigenvalue weighted by Crippen LogP contribution is 2.52. The van der Waals surface area contributed by atoms with Gasteiger partial charge in [-0.15, -0.1) is 11.3 Å². The predicted octanol–water partition coefficient (Wildman–Crippen LogP) is 4.06. The average molecular weight is 535 g/mol. The van der Waals surface area contributed by atoms with Gasteiger partial charge in [0.05, 0.1) is 17.6 Å². The maximum atomic E-state index is 13.2. The van der Waals surface area contributed by atoms with Gasteiger partial charge in [0.15, 0.2) is 10.7 Å². The van der Waals surface area contributed by atoms with Gasteiger partial charge in [-0.25, -0.2) is 9.78 Å². The number of halogens is 7. The number of alkyl halides is 6. The molecule has 0 atom stereocenters. The molecule has 0 aliphatic heterocycles. The number of aromatic nitrogens is 1. The minimum absolute atomic E-state index is 0.142. The molecule has 0 radical (unpaired) electrons. The number of aliphatic hydroxyl groups is 2. The number of thiazole rings is 1. The van der Waals surface area contributed by atoms with Crippen molar-refractivity contribution in [1.82, 2.24) is 10.3 Å². The number of carbonyl (C=O) groups is 2. The minimum Gasteiger partial charge on any atom is -0.464 e. The van der Waals surface area contributed by atoms with Crippen molar-refractivity contribution in [2.45, 2.75) is 37.4 Å². The Morgan fingerprint density at radius 3 is 2.12 bits per heavy atom. The fraction of sp³-hybridized carbons (Fsp3) is 0.421. The first kappa shape index (κ1) is 27.8. The van der Waals surface area contributed by atoms with Gasteiger partial charge in [-0.3, -0.25) is 4.79 Å². The fourth-order valence-electron chi connectivity index (χ4n) is 2.64. The molecule has 1 aromatic carbocycles. The number of hydrogen-bond donors (Lipinski definition) is 3. The molecule has 15 heteroatoms. The molecular weight excluding hydrogens is 518 g/mol. The SMILES string of the molecule is COC(=O)c1nc(C(=O)NCC(C)(C)O)sc1-c1ccc(C(O)(C(F)(F)F)C(F)(F)F)c(Cl)c1. The lowest BCUT2D eigenvalue weighted by Gasteiger charge is -2.33. The average Bonchev–Trinajstić information content (AvgIpc) is 3.14. The number of methoxy groups -OCH3 is 1. The van der Waals surface area contributed by atoms with E-state index in [9.17, 15) is 46.1 Å². The standard InChI is InChI=1S/C19H17ClF6N2O5S/c1-16(2,31)7-27-13(29)14-28-11(15(30)33-3)12(34-14)8-4-5-9(10(20)6-8)17(32,18(21,22)23)19(24,25)26/h4-6,31-32H,7H2,1-3H3,(H,27,29). The molecule has 1 heterocycles. The van der Waals surface area contributed by atoms with E-state index in [-0.39, 0.29) is 22.0 Å². The van der Waals surface area contributed by atoms with E-state index in [1.165, 1.54) is 13.8 Å². The molecule has 0 aliphatic carbocycles. The lowest BCUT2D eigenvalue weighted by molar-refractivity contribution is -0.376. The van der Waals surface area contributed by atoms with E-state index in [1.807, 2.05) is 0 Å². The van der Waals surface area contributed by atoms with Crippen molar-refractivity contribution in [3.8, 4) is 10.4 Å². The molecule has 1 amide bonds. The van der Waals surface area contributed by atoms with Crippen LogP contribution in [0.3, 0.4) is 0 Å². The van der Waals surface area contributed by atoms with Crippen molar-refractivity contribution in [1.29, 1.82) is 0 Å². The Morgan fingerprint density at radius 1 is 1.12 bits per heavy atom. The zero-order chi connectivity index (χ0) is 26.3. The monoisotopic (exact) mass is 534 g/mol. The number of benzene rings is 1. The molecule has 0 saturated carbocycles. The first-order chi connectivity index (χ1) is 15.3. The van der Waals surface area contributed by atoms with Crippen LogP contribution in [0.2, 0.25) is 5.02 Å². The highest BCUT2D eigenvalue weighted by molar-refractivity contribution is 7.17. The van der Waals surface area contributed by atoms with Crippen LogP contribution in [-0.4, -0.2) is 58.7 Å². The molecule has 188 valence electrons. The topological polar surface area (TPSA) is 109 Å². The third kappa shape index (κ3) is 5.45. The zero-order valence-electron chi connectivity index (χ0n) is 17.6. The summed E-state index contributed by atoms with van der Waals surface area (Å²) in [5, 5.41) is 20.3. The van der Waals surface area contributed by atoms with Crippen LogP contribution in [0.15, 0.2) is 18.2 Å². The normalized spacial score (nSPS) is 13.1. The van der Waals surface area contributed by atoms with Crippen LogP contribution in [0.1, 0.15) is 39.7 Å². The fourth-order valence-corrected chi connectivity index (χ4v) is 3.92. The van der Waals surface area contributed by atoms with Gasteiger partial charge < -0.3 is 20.3 Å². The molecule has 0 spiro atoms. The van der Waals surface area contributed by atoms with Crippen molar-refractivity contribution < 1.29 is 50.9 Å². The summed E-state index contributed by atoms with van der Waals surface area (Å²) < 4.78 is 83.7. The van der Waals surface area contributed by atoms with Crippen molar-refractivity contribution in [3.05, 3.63) is 39.5 Å². The van der Waals surface area contributed by atoms with Gasteiger partial charge in [0.1, 0.15) is 0 Å². The van der Waals surface area contributed by atoms with Gasteiger partial charge in [0.25, 0.3) is 11.5 Å². The number of ether oxygens (including phenoxy) is 1. The first-order valence-corrected chi connectivity index (χ1v) is 10.3. The molecule has 2 rings (SSSR count). The van der Waals surface area contributed by atoms with Crippen molar-refractivity contribution in [2.75, 3.05) is 13.7 Å². The number of nitrogens with zero attached hydrogens (tertiary/aromatic N) is 1. The summed E-state index contributed by atoms with van der Waals surface area (Å²) in [7, 11) is 0.988. The van der Waals surface area contributed by atoms with E-state index < -0.39 is 51.7 Å². The van der Waals surface area contributed by atoms with Gasteiger partial charge in [-0.1, -0.05) is 23.7 Å². The summed E-state index contributed by atoms with van der Waals surface area (Å²) in [6.45, 7) is 2.63. The molecule has 0 bridgehead atoms. The second-order valence-corrected chi connectivity index (χ2v) is 8.99. The van der Waals surface area contributed by atoms with E-state index in [0.717, 1.165) is 13.2 Å². The quantitative estimate of drug-likeness (QED) is 0.381. The smallest absolute Gasteiger partial charge is 0.430 e. The van der Waals surface area contributed by atoms with Gasteiger partial charge >= 0.3 is 18.3 Å². The molecule has 2 aromatic rings. The lowest BCUT2D eigenvalue weighted by Crippen LogP contribution is -2.54. The summed E-state index contributed by atoms with van der Waals surface area (Å²) >= 11 is 6.29. The van der Waals surface area contributed by atoms with E-state index in [2.05, 4.69) is 15.0 Å². The minimum atomic E-state index is -6.15. The second kappa shape index (κ2) is 9.32. The van der Waals surface area contributed by atoms with Crippen molar-refractivity contribution in [2.24, 2.45) is 0 Å². The molecule has 3 N–H and O–H groups in total. The van der Waals surface area contributed by atoms with Gasteiger partial charge in [0.2, 0.25) is 0 Å². The van der Waals surface area contributed by atoms with Crippen molar-refractivity contribution >= 4 is 34.8 Å². The van der Waals surface area contributed by atoms with Crippen LogP contribution in [0.5, 0.6) is 0 Å². The molecule has 0 fully saturated rings. The highest BCUT2D eigenvalue weighted by Gasteiger charge is 2.72. The van der Waals surface area contributed by atoms with Crippen LogP contribution in [0, 0.1) is 0 Å². The highest BCUT2D eigenvalue weighted by atomic mass is 35.5. The maximum absolute atomic E-state index is 13.2. The Labute approximate surface area is 197 Å². The number of rotatable bonds is 6. The summed E-state index contributed by atoms with van der Waals surface area (Å²) in [5.74, 6) is -1.86. The Morgan fingerprint density at radius 2 is 1.68 bits per heavy atom. The van der Waals surface area contributed by atoms with Crippen LogP contribution in [0.4, 0.5) is 26.3 Å². The third-order valence-corrected chi connectivity index (χ3v) is 5.74. The Bertz CT molecular complexity index is 1080. The van der Waals surface area contributed by atoms with Crippen molar-refractivity contribution in [3.63, 3.8) is 0 Å². The van der Waals surface area contributed by atoms with Gasteiger partial charge in [-0.05, 0) is 25.5 Å². The molecule has 0 aliphatic rings. The number of carbonyl (C=O) groups excluding carboxylic acids is 2. The largest absolute Gasteiger partial charge is 0.464 e. The Balaban J connectivity index is 2.60. The van der Waals surface area contributed by atoms with Crippen LogP contribution < -0.4 is 5.32 Å². The number of amides is 1. The molecule has 0 saturated heterocycles. The zero-order valence-corrected chi connectivity index (χ0v) is 19.1. The van der Waals surface area contributed by atoms with Crippen LogP contribution >= 0.6 is 22.9 Å². The molecule has 0 unspecified atom stereocenters. The van der Waals surface area contributed by atoms with Gasteiger partial charge in [-0.2, -0.15) is 26.3 Å². The first-order valence-electron chi connectivity index (χ1n) is 9.09. The maximum Gasteiger partial charge on any atom is 0.430 e. The molecular formula is C19H17ClF6N2O5S. The lowest BCUT2D eigenvalue weighted by atomic mass is 9.91. The summed E-state index contributed by atoms with van der Waals surface area (Å²) in [6, 6.07) is 1.73. The molecule has 34 heavy (non-hydrogen) atoms. The van der Waals surface area contributed by atoms with E-state index in [0.29, 0.717) is 23.5 Å². The second-order valence-electron chi connectivity index (χ2n) is 7.58. The van der Waals surface area contributed by atoms with E-state index in [1.54, 1.807) is 0 Å². The van der Waals surface area contributed by atoms with Crippen LogP contribution in [-0.2, 0) is 10.3 Å². The van der Waals surface area contributed by atoms with Crippen LogP contribution in [0.25, 0.3) is 10.4 Å². The third-order valence-electron chi connectivity index (χ3n) is 4.32. The Hall–Kier alpha value is -2.42. The summed E-state index contributed by atoms with van der Waals surface area (Å²) in [5.41, 5.74) is -8.83. The summed E-state index contributed by atoms with van der Waals surface area (Å²) in [4.78, 5) is 28.1. The molecule has 7 nitrogen and oxygen atoms in total. The summed E-state index contributed by atoms with van der Waals surface area (Å²) in [6.07, 6.45) is -12.3. The van der Waals surface area contributed by atoms with Gasteiger partial charge in [0, 0.05) is 17.1 Å². The number of hydrogen-bond acceptors (Lipinski definition) is 7. The Kier molecular flexibility index (Phi) is 7.63. The predicted molar refractivity (Wildman–Crippen MR) is 109 cm³/mol. The van der Waals surface area contributed by atoms with E-state index >= 15 is 0 Å². The molecule has 1 aromatic heterocycles. The van der Waals surface area contributed by atoms with E-state index in [4.69, 9.17) is 11.6 Å². The number of nitrogens with one attached hydrogen (secondary N) is 1.